The van der Waals surface area contributed by atoms with Crippen LogP contribution in [-0.2, 0) is 6.18 Å². The van der Waals surface area contributed by atoms with E-state index in [4.69, 9.17) is 9.97 Å². The zero-order valence-electron chi connectivity index (χ0n) is 37.0. The third-order valence-electron chi connectivity index (χ3n) is 13.0. The fraction of sp³-hybridized carbons (Fsp3) is 0.0164. The molecule has 0 aliphatic heterocycles. The van der Waals surface area contributed by atoms with Crippen molar-refractivity contribution in [3.63, 3.8) is 0 Å². The molecule has 0 bridgehead atoms. The molecule has 0 aliphatic carbocycles. The Bertz CT molecular complexity index is 4030. The highest BCUT2D eigenvalue weighted by atomic mass is 19.4. The minimum absolute atomic E-state index is 0.115. The minimum Gasteiger partial charge on any atom is -0.309 e. The number of para-hydroxylation sites is 3. The largest absolute Gasteiger partial charge is 0.417 e. The van der Waals surface area contributed by atoms with Crippen LogP contribution < -0.4 is 0 Å². The summed E-state index contributed by atoms with van der Waals surface area (Å²) < 4.78 is 48.7. The van der Waals surface area contributed by atoms with E-state index in [0.717, 1.165) is 94.6 Å². The molecule has 0 spiro atoms. The van der Waals surface area contributed by atoms with Gasteiger partial charge in [0.15, 0.2) is 5.82 Å². The Balaban J connectivity index is 1.11. The van der Waals surface area contributed by atoms with Gasteiger partial charge in [-0.1, -0.05) is 127 Å². The number of hydrogen-bond acceptors (Lipinski definition) is 4. The molecule has 3 heterocycles. The summed E-state index contributed by atoms with van der Waals surface area (Å²) in [5.41, 5.74) is 10.3. The molecular weight excluding hydrogens is 874 g/mol. The maximum atomic E-state index is 14.8. The Morgan fingerprint density at radius 2 is 0.900 bits per heavy atom. The maximum Gasteiger partial charge on any atom is 0.417 e. The molecule has 3 aromatic heterocycles. The van der Waals surface area contributed by atoms with Crippen LogP contribution >= 0.6 is 0 Å². The molecule has 0 unspecified atom stereocenters. The van der Waals surface area contributed by atoms with Crippen molar-refractivity contribution in [1.82, 2.24) is 19.1 Å². The monoisotopic (exact) mass is 908 g/mol. The SMILES string of the molecule is N#Cc1ccc(-n2c3ccccc3c3cc(-c4cc(-c5nc(-c6ccccc6)cc(-c6ccccc6)n5)cc(-n5c6ccccc6c6ccccc65)c4)ccc32)c(-c2ccc(C#N)cc2C(F)(F)F)c1. The average Bonchev–Trinajstić information content (AvgIpc) is 3.93. The van der Waals surface area contributed by atoms with Crippen molar-refractivity contribution in [1.29, 1.82) is 10.5 Å². The van der Waals surface area contributed by atoms with Gasteiger partial charge in [0.05, 0.1) is 68.0 Å². The summed E-state index contributed by atoms with van der Waals surface area (Å²) in [4.78, 5) is 10.5. The van der Waals surface area contributed by atoms with Crippen LogP contribution in [0.15, 0.2) is 212 Å². The molecule has 6 nitrogen and oxygen atoms in total. The van der Waals surface area contributed by atoms with Gasteiger partial charge in [0.1, 0.15) is 0 Å². The van der Waals surface area contributed by atoms with Gasteiger partial charge >= 0.3 is 6.18 Å². The molecule has 0 radical (unpaired) electrons. The smallest absolute Gasteiger partial charge is 0.309 e. The Morgan fingerprint density at radius 3 is 1.50 bits per heavy atom. The topological polar surface area (TPSA) is 83.2 Å². The molecule has 0 N–H and O–H groups in total. The van der Waals surface area contributed by atoms with Crippen LogP contribution in [0.2, 0.25) is 0 Å². The second kappa shape index (κ2) is 16.6. The number of fused-ring (bicyclic) bond motifs is 6. The van der Waals surface area contributed by atoms with Crippen molar-refractivity contribution >= 4 is 43.6 Å². The fourth-order valence-corrected chi connectivity index (χ4v) is 9.84. The summed E-state index contributed by atoms with van der Waals surface area (Å²) in [5.74, 6) is 0.552. The predicted octanol–water partition coefficient (Wildman–Crippen LogP) is 15.8. The van der Waals surface area contributed by atoms with Crippen molar-refractivity contribution in [2.75, 3.05) is 0 Å². The van der Waals surface area contributed by atoms with Gasteiger partial charge in [0.25, 0.3) is 0 Å². The van der Waals surface area contributed by atoms with E-state index < -0.39 is 11.7 Å². The normalized spacial score (nSPS) is 11.6. The summed E-state index contributed by atoms with van der Waals surface area (Å²) >= 11 is 0. The van der Waals surface area contributed by atoms with Crippen LogP contribution in [0.25, 0.3) is 111 Å². The van der Waals surface area contributed by atoms with Crippen LogP contribution in [-0.4, -0.2) is 19.1 Å². The Morgan fingerprint density at radius 1 is 0.386 bits per heavy atom. The predicted molar refractivity (Wildman–Crippen MR) is 272 cm³/mol. The minimum atomic E-state index is -4.78. The molecule has 70 heavy (non-hydrogen) atoms. The number of nitriles is 2. The van der Waals surface area contributed by atoms with Gasteiger partial charge in [-0.25, -0.2) is 9.97 Å². The molecule has 330 valence electrons. The first kappa shape index (κ1) is 41.8. The molecule has 0 saturated heterocycles. The highest BCUT2D eigenvalue weighted by molar-refractivity contribution is 6.12. The van der Waals surface area contributed by atoms with Crippen LogP contribution in [0.4, 0.5) is 13.2 Å². The van der Waals surface area contributed by atoms with E-state index in [9.17, 15) is 23.7 Å². The van der Waals surface area contributed by atoms with E-state index in [1.165, 1.54) is 18.2 Å². The number of alkyl halides is 3. The van der Waals surface area contributed by atoms with Gasteiger partial charge in [-0.15, -0.1) is 0 Å². The lowest BCUT2D eigenvalue weighted by Crippen LogP contribution is -2.09. The van der Waals surface area contributed by atoms with Crippen molar-refractivity contribution < 1.29 is 13.2 Å². The van der Waals surface area contributed by atoms with E-state index in [1.807, 2.05) is 114 Å². The third kappa shape index (κ3) is 7.13. The van der Waals surface area contributed by atoms with Crippen molar-refractivity contribution in [2.45, 2.75) is 6.18 Å². The van der Waals surface area contributed by atoms with Gasteiger partial charge in [-0.05, 0) is 102 Å². The summed E-state index contributed by atoms with van der Waals surface area (Å²) in [6.45, 7) is 0. The van der Waals surface area contributed by atoms with Gasteiger partial charge in [0.2, 0.25) is 0 Å². The van der Waals surface area contributed by atoms with Crippen molar-refractivity contribution in [3.05, 3.63) is 229 Å². The van der Waals surface area contributed by atoms with Gasteiger partial charge < -0.3 is 9.13 Å². The lowest BCUT2D eigenvalue weighted by Gasteiger charge is -2.18. The number of benzene rings is 9. The summed E-state index contributed by atoms with van der Waals surface area (Å²) in [6.07, 6.45) is -4.78. The van der Waals surface area contributed by atoms with E-state index >= 15 is 0 Å². The van der Waals surface area contributed by atoms with Crippen molar-refractivity contribution in [2.24, 2.45) is 0 Å². The highest BCUT2D eigenvalue weighted by Gasteiger charge is 2.35. The lowest BCUT2D eigenvalue weighted by atomic mass is 9.94. The van der Waals surface area contributed by atoms with Crippen LogP contribution in [0.3, 0.4) is 0 Å². The van der Waals surface area contributed by atoms with E-state index in [0.29, 0.717) is 11.5 Å². The van der Waals surface area contributed by atoms with E-state index in [1.54, 1.807) is 12.1 Å². The molecule has 9 heteroatoms. The van der Waals surface area contributed by atoms with E-state index in [-0.39, 0.29) is 22.3 Å². The Kier molecular flexibility index (Phi) is 9.94. The molecule has 0 amide bonds. The van der Waals surface area contributed by atoms with Crippen LogP contribution in [0.1, 0.15) is 16.7 Å². The zero-order chi connectivity index (χ0) is 47.5. The molecule has 0 fully saturated rings. The number of hydrogen-bond donors (Lipinski definition) is 0. The summed E-state index contributed by atoms with van der Waals surface area (Å²) in [5, 5.41) is 23.6. The molecule has 0 atom stereocenters. The zero-order valence-corrected chi connectivity index (χ0v) is 37.0. The quantitative estimate of drug-likeness (QED) is 0.159. The van der Waals surface area contributed by atoms with Gasteiger partial charge in [-0.2, -0.15) is 23.7 Å². The van der Waals surface area contributed by atoms with E-state index in [2.05, 4.69) is 83.4 Å². The maximum absolute atomic E-state index is 14.8. The second-order valence-electron chi connectivity index (χ2n) is 17.1. The first-order valence-electron chi connectivity index (χ1n) is 22.6. The average molecular weight is 909 g/mol. The molecule has 0 saturated carbocycles. The molecule has 12 rings (SSSR count). The number of rotatable bonds is 7. The number of aromatic nitrogens is 4. The number of halogens is 3. The summed E-state index contributed by atoms with van der Waals surface area (Å²) in [7, 11) is 0. The fourth-order valence-electron chi connectivity index (χ4n) is 9.84. The Labute approximate surface area is 399 Å². The van der Waals surface area contributed by atoms with Crippen molar-refractivity contribution in [3.8, 4) is 79.7 Å². The second-order valence-corrected chi connectivity index (χ2v) is 17.1. The van der Waals surface area contributed by atoms with Crippen LogP contribution in [0.5, 0.6) is 0 Å². The van der Waals surface area contributed by atoms with Gasteiger partial charge in [-0.3, -0.25) is 0 Å². The highest BCUT2D eigenvalue weighted by Crippen LogP contribution is 2.44. The standard InChI is InChI=1S/C61H35F3N6/c62-61(63,64)52-30-39(37-66)23-26-46(52)50-29-38(36-65)24-27-58(50)70-57-22-12-9-19-49(57)51-34-42(25-28-59(51)70)43-31-44(33-45(32-43)69-55-20-10-7-17-47(55)48-18-8-11-21-56(48)69)60-67-53(40-13-3-1-4-14-40)35-54(68-60)41-15-5-2-6-16-41/h1-35H. The Hall–Kier alpha value is -9.57. The van der Waals surface area contributed by atoms with Gasteiger partial charge in [0, 0.05) is 49.5 Å². The first-order valence-corrected chi connectivity index (χ1v) is 22.6. The van der Waals surface area contributed by atoms with Crippen LogP contribution in [0, 0.1) is 22.7 Å². The molecule has 0 aliphatic rings. The lowest BCUT2D eigenvalue weighted by molar-refractivity contribution is -0.137. The summed E-state index contributed by atoms with van der Waals surface area (Å²) in [6, 6.07) is 71.7. The molecule has 12 aromatic rings. The molecular formula is C61H35F3N6. The molecule has 9 aromatic carbocycles. The third-order valence-corrected chi connectivity index (χ3v) is 13.0. The first-order chi connectivity index (χ1) is 34.2. The number of nitrogens with zero attached hydrogens (tertiary/aromatic N) is 6.